The van der Waals surface area contributed by atoms with Gasteiger partial charge in [0.15, 0.2) is 0 Å². The monoisotopic (exact) mass is 525 g/mol. The Morgan fingerprint density at radius 1 is 0.872 bits per heavy atom. The Balaban J connectivity index is 1.89. The zero-order valence-electron chi connectivity index (χ0n) is 22.9. The van der Waals surface area contributed by atoms with Crippen LogP contribution in [0.5, 0.6) is 0 Å². The molecule has 3 aromatic carbocycles. The molecule has 0 fully saturated rings. The predicted octanol–water partition coefficient (Wildman–Crippen LogP) is 5.20. The highest BCUT2D eigenvalue weighted by Gasteiger charge is 2.26. The lowest BCUT2D eigenvalue weighted by Crippen LogP contribution is -2.47. The van der Waals surface area contributed by atoms with Crippen LogP contribution in [0, 0.1) is 0 Å². The number of carbonyl (C=O) groups excluding carboxylic acids is 2. The fourth-order valence-electron chi connectivity index (χ4n) is 4.45. The number of aromatic nitrogens is 1. The SMILES string of the molecule is CCN(CCN(C)C)Cc1c(-c2ccccc2)nc2ccccc2c1C(=O)NN(C(=O)OC)c1ccccc1. The number of likely N-dealkylation sites (N-methyl/N-ethyl adjacent to an activating group) is 2. The van der Waals surface area contributed by atoms with Crippen LogP contribution in [-0.2, 0) is 11.3 Å². The maximum Gasteiger partial charge on any atom is 0.433 e. The number of benzene rings is 3. The highest BCUT2D eigenvalue weighted by molar-refractivity contribution is 6.10. The number of ether oxygens (including phenoxy) is 1. The first-order valence-electron chi connectivity index (χ1n) is 13.0. The van der Waals surface area contributed by atoms with E-state index in [-0.39, 0.29) is 0 Å². The van der Waals surface area contributed by atoms with E-state index in [1.807, 2.05) is 74.8 Å². The lowest BCUT2D eigenvalue weighted by Gasteiger charge is -2.27. The van der Waals surface area contributed by atoms with Gasteiger partial charge in [0.1, 0.15) is 0 Å². The third-order valence-corrected chi connectivity index (χ3v) is 6.54. The van der Waals surface area contributed by atoms with Gasteiger partial charge in [-0.2, -0.15) is 5.01 Å². The van der Waals surface area contributed by atoms with Crippen LogP contribution in [-0.4, -0.2) is 67.6 Å². The second-order valence-corrected chi connectivity index (χ2v) is 9.45. The predicted molar refractivity (Wildman–Crippen MR) is 155 cm³/mol. The van der Waals surface area contributed by atoms with Crippen molar-refractivity contribution in [1.82, 2.24) is 20.2 Å². The standard InChI is InChI=1S/C31H35N5O3/c1-5-35(21-20-34(2)3)22-26-28(30(37)33-36(31(38)39-4)24-16-10-7-11-17-24)25-18-12-13-19-27(25)32-29(26)23-14-8-6-9-15-23/h6-19H,5,20-22H2,1-4H3,(H,33,37). The van der Waals surface area contributed by atoms with Gasteiger partial charge in [0.2, 0.25) is 0 Å². The van der Waals surface area contributed by atoms with Crippen LogP contribution in [0.4, 0.5) is 10.5 Å². The van der Waals surface area contributed by atoms with Gasteiger partial charge in [0, 0.05) is 36.1 Å². The number of hydrogen-bond acceptors (Lipinski definition) is 6. The molecule has 39 heavy (non-hydrogen) atoms. The Morgan fingerprint density at radius 2 is 1.51 bits per heavy atom. The second kappa shape index (κ2) is 13.0. The number of pyridine rings is 1. The number of hydrazine groups is 1. The summed E-state index contributed by atoms with van der Waals surface area (Å²) in [7, 11) is 5.38. The Kier molecular flexibility index (Phi) is 9.25. The number of nitrogens with zero attached hydrogens (tertiary/aromatic N) is 4. The molecule has 0 aliphatic rings. The summed E-state index contributed by atoms with van der Waals surface area (Å²) in [6.45, 7) is 5.12. The largest absolute Gasteiger partial charge is 0.451 e. The molecule has 1 aromatic heterocycles. The van der Waals surface area contributed by atoms with E-state index in [2.05, 4.69) is 22.1 Å². The molecule has 0 radical (unpaired) electrons. The van der Waals surface area contributed by atoms with Gasteiger partial charge >= 0.3 is 6.09 Å². The molecule has 1 N–H and O–H groups in total. The molecule has 0 unspecified atom stereocenters. The quantitative estimate of drug-likeness (QED) is 0.303. The summed E-state index contributed by atoms with van der Waals surface area (Å²) in [6, 6.07) is 26.4. The van der Waals surface area contributed by atoms with Gasteiger partial charge < -0.3 is 9.64 Å². The van der Waals surface area contributed by atoms with Gasteiger partial charge in [-0.15, -0.1) is 0 Å². The van der Waals surface area contributed by atoms with Gasteiger partial charge in [-0.1, -0.05) is 73.7 Å². The molecule has 0 spiro atoms. The van der Waals surface area contributed by atoms with Gasteiger partial charge in [-0.3, -0.25) is 15.1 Å². The van der Waals surface area contributed by atoms with Crippen LogP contribution in [0.3, 0.4) is 0 Å². The van der Waals surface area contributed by atoms with E-state index in [1.165, 1.54) is 7.11 Å². The topological polar surface area (TPSA) is 78.0 Å². The lowest BCUT2D eigenvalue weighted by molar-refractivity contribution is 0.0940. The van der Waals surface area contributed by atoms with E-state index in [9.17, 15) is 9.59 Å². The minimum Gasteiger partial charge on any atom is -0.451 e. The summed E-state index contributed by atoms with van der Waals surface area (Å²) in [5.41, 5.74) is 6.95. The summed E-state index contributed by atoms with van der Waals surface area (Å²) in [6.07, 6.45) is -0.695. The van der Waals surface area contributed by atoms with Crippen molar-refractivity contribution in [3.63, 3.8) is 0 Å². The second-order valence-electron chi connectivity index (χ2n) is 9.45. The molecular weight excluding hydrogens is 490 g/mol. The van der Waals surface area contributed by atoms with Crippen LogP contribution < -0.4 is 10.4 Å². The average molecular weight is 526 g/mol. The van der Waals surface area contributed by atoms with E-state index in [1.54, 1.807) is 24.3 Å². The Hall–Kier alpha value is -4.27. The van der Waals surface area contributed by atoms with Crippen LogP contribution in [0.1, 0.15) is 22.8 Å². The maximum absolute atomic E-state index is 14.2. The Bertz CT molecular complexity index is 1410. The molecule has 0 saturated heterocycles. The third-order valence-electron chi connectivity index (χ3n) is 6.54. The van der Waals surface area contributed by atoms with E-state index in [4.69, 9.17) is 9.72 Å². The first-order valence-corrected chi connectivity index (χ1v) is 13.0. The average Bonchev–Trinajstić information content (AvgIpc) is 2.97. The van der Waals surface area contributed by atoms with E-state index in [0.717, 1.165) is 41.5 Å². The molecule has 0 saturated carbocycles. The normalized spacial score (nSPS) is 11.1. The first kappa shape index (κ1) is 27.8. The smallest absolute Gasteiger partial charge is 0.433 e. The van der Waals surface area contributed by atoms with Gasteiger partial charge in [-0.05, 0) is 38.8 Å². The Labute approximate surface area is 229 Å². The number of nitrogens with one attached hydrogen (secondary N) is 1. The number of anilines is 1. The molecule has 1 heterocycles. The number of fused-ring (bicyclic) bond motifs is 1. The first-order chi connectivity index (χ1) is 18.9. The summed E-state index contributed by atoms with van der Waals surface area (Å²) < 4.78 is 5.00. The minimum atomic E-state index is -0.695. The fourth-order valence-corrected chi connectivity index (χ4v) is 4.45. The van der Waals surface area contributed by atoms with Gasteiger partial charge in [0.25, 0.3) is 5.91 Å². The summed E-state index contributed by atoms with van der Waals surface area (Å²) in [5.74, 6) is -0.418. The van der Waals surface area contributed by atoms with Crippen molar-refractivity contribution in [3.8, 4) is 11.3 Å². The molecule has 2 amide bonds. The van der Waals surface area contributed by atoms with Crippen molar-refractivity contribution in [2.75, 3.05) is 45.8 Å². The molecule has 0 bridgehead atoms. The number of rotatable bonds is 9. The van der Waals surface area contributed by atoms with Gasteiger partial charge in [0.05, 0.1) is 29.6 Å². The summed E-state index contributed by atoms with van der Waals surface area (Å²) in [4.78, 5) is 36.4. The zero-order valence-corrected chi connectivity index (χ0v) is 22.9. The lowest BCUT2D eigenvalue weighted by atomic mass is 9.95. The fraction of sp³-hybridized carbons (Fsp3) is 0.258. The summed E-state index contributed by atoms with van der Waals surface area (Å²) in [5, 5.41) is 1.85. The van der Waals surface area contributed by atoms with Gasteiger partial charge in [-0.25, -0.2) is 9.78 Å². The minimum absolute atomic E-state index is 0.418. The van der Waals surface area contributed by atoms with E-state index in [0.29, 0.717) is 28.7 Å². The molecule has 8 nitrogen and oxygen atoms in total. The van der Waals surface area contributed by atoms with Crippen molar-refractivity contribution >= 4 is 28.6 Å². The third kappa shape index (κ3) is 6.60. The van der Waals surface area contributed by atoms with Crippen molar-refractivity contribution in [2.24, 2.45) is 0 Å². The number of hydrogen-bond donors (Lipinski definition) is 1. The highest BCUT2D eigenvalue weighted by atomic mass is 16.5. The van der Waals surface area contributed by atoms with Crippen LogP contribution in [0.2, 0.25) is 0 Å². The van der Waals surface area contributed by atoms with Crippen molar-refractivity contribution < 1.29 is 14.3 Å². The summed E-state index contributed by atoms with van der Waals surface area (Å²) >= 11 is 0. The van der Waals surface area contributed by atoms with E-state index < -0.39 is 12.0 Å². The number of carbonyl (C=O) groups is 2. The van der Waals surface area contributed by atoms with Crippen LogP contribution in [0.15, 0.2) is 84.9 Å². The van der Waals surface area contributed by atoms with Crippen LogP contribution >= 0.6 is 0 Å². The molecule has 0 aliphatic carbocycles. The Morgan fingerprint density at radius 3 is 2.15 bits per heavy atom. The highest BCUT2D eigenvalue weighted by Crippen LogP contribution is 2.31. The van der Waals surface area contributed by atoms with Crippen LogP contribution in [0.25, 0.3) is 22.2 Å². The van der Waals surface area contributed by atoms with Crippen molar-refractivity contribution in [2.45, 2.75) is 13.5 Å². The number of amides is 2. The van der Waals surface area contributed by atoms with Crippen molar-refractivity contribution in [1.29, 1.82) is 0 Å². The molecule has 0 aliphatic heterocycles. The zero-order chi connectivity index (χ0) is 27.8. The number of methoxy groups -OCH3 is 1. The number of para-hydroxylation sites is 2. The van der Waals surface area contributed by atoms with Crippen molar-refractivity contribution in [3.05, 3.63) is 96.1 Å². The molecule has 4 rings (SSSR count). The molecule has 8 heteroatoms. The molecule has 4 aromatic rings. The molecule has 202 valence electrons. The molecule has 0 atom stereocenters. The maximum atomic E-state index is 14.2. The molecular formula is C31H35N5O3. The van der Waals surface area contributed by atoms with E-state index >= 15 is 0 Å².